The second kappa shape index (κ2) is 8.12. The molecule has 0 aliphatic rings. The highest BCUT2D eigenvalue weighted by Gasteiger charge is 2.29. The van der Waals surface area contributed by atoms with E-state index in [1.165, 1.54) is 18.3 Å². The van der Waals surface area contributed by atoms with Gasteiger partial charge in [-0.3, -0.25) is 9.55 Å². The van der Waals surface area contributed by atoms with Crippen LogP contribution in [-0.4, -0.2) is 26.1 Å². The molecule has 0 bridgehead atoms. The third kappa shape index (κ3) is 4.67. The van der Waals surface area contributed by atoms with Gasteiger partial charge < -0.3 is 10.1 Å². The van der Waals surface area contributed by atoms with Gasteiger partial charge in [0, 0.05) is 11.9 Å². The van der Waals surface area contributed by atoms with Crippen molar-refractivity contribution in [3.8, 4) is 5.82 Å². The van der Waals surface area contributed by atoms with E-state index in [0.29, 0.717) is 35.4 Å². The number of alkyl halides is 3. The molecule has 1 aromatic carbocycles. The smallest absolute Gasteiger partial charge is 0.416 e. The molecule has 146 valence electrons. The normalized spacial score (nSPS) is 11.8. The lowest BCUT2D eigenvalue weighted by Crippen LogP contribution is -2.05. The van der Waals surface area contributed by atoms with E-state index < -0.39 is 11.7 Å². The van der Waals surface area contributed by atoms with Crippen molar-refractivity contribution in [3.63, 3.8) is 0 Å². The summed E-state index contributed by atoms with van der Waals surface area (Å²) < 4.78 is 44.9. The molecule has 0 saturated carbocycles. The third-order valence-electron chi connectivity index (χ3n) is 3.76. The van der Waals surface area contributed by atoms with Gasteiger partial charge in [0.15, 0.2) is 11.6 Å². The molecule has 0 amide bonds. The zero-order valence-corrected chi connectivity index (χ0v) is 15.2. The van der Waals surface area contributed by atoms with Crippen LogP contribution in [0.15, 0.2) is 49.1 Å². The van der Waals surface area contributed by atoms with Crippen LogP contribution in [0, 0.1) is 6.92 Å². The van der Waals surface area contributed by atoms with E-state index in [2.05, 4.69) is 20.3 Å². The molecule has 6 nitrogen and oxygen atoms in total. The van der Waals surface area contributed by atoms with Gasteiger partial charge in [-0.05, 0) is 44.2 Å². The van der Waals surface area contributed by atoms with Crippen LogP contribution < -0.4 is 5.32 Å². The highest BCUT2D eigenvalue weighted by molar-refractivity contribution is 5.56. The number of aryl methyl sites for hydroxylation is 1. The van der Waals surface area contributed by atoms with Crippen LogP contribution >= 0.6 is 0 Å². The molecule has 0 fully saturated rings. The standard InChI is InChI=1S/C19H18F3N5O/c1-3-28-9-8-16-12-27(13(2)24-16)18-11-23-10-17(26-18)25-15-6-4-14(5-7-15)19(20,21)22/h4-12H,3H2,1-2H3,(H,25,26)/b9-8-. The Hall–Kier alpha value is -3.36. The number of nitrogens with zero attached hydrogens (tertiary/aromatic N) is 4. The van der Waals surface area contributed by atoms with Crippen molar-refractivity contribution in [2.45, 2.75) is 20.0 Å². The number of anilines is 2. The molecule has 0 atom stereocenters. The number of rotatable bonds is 6. The average Bonchev–Trinajstić information content (AvgIpc) is 3.02. The fourth-order valence-electron chi connectivity index (χ4n) is 2.44. The number of ether oxygens (including phenoxy) is 1. The zero-order chi connectivity index (χ0) is 20.1. The Morgan fingerprint density at radius 1 is 1.14 bits per heavy atom. The summed E-state index contributed by atoms with van der Waals surface area (Å²) in [5.74, 6) is 1.63. The maximum atomic E-state index is 12.7. The van der Waals surface area contributed by atoms with Crippen LogP contribution in [0.3, 0.4) is 0 Å². The molecular formula is C19H18F3N5O. The van der Waals surface area contributed by atoms with E-state index >= 15 is 0 Å². The van der Waals surface area contributed by atoms with E-state index in [-0.39, 0.29) is 0 Å². The quantitative estimate of drug-likeness (QED) is 0.617. The number of imidazole rings is 1. The molecule has 3 aromatic rings. The number of nitrogens with one attached hydrogen (secondary N) is 1. The van der Waals surface area contributed by atoms with Crippen molar-refractivity contribution in [3.05, 3.63) is 66.2 Å². The van der Waals surface area contributed by atoms with Gasteiger partial charge in [-0.15, -0.1) is 0 Å². The molecule has 0 radical (unpaired) electrons. The minimum Gasteiger partial charge on any atom is -0.501 e. The Kier molecular flexibility index (Phi) is 5.62. The molecular weight excluding hydrogens is 371 g/mol. The molecule has 0 aliphatic carbocycles. The lowest BCUT2D eigenvalue weighted by atomic mass is 10.2. The van der Waals surface area contributed by atoms with E-state index in [1.54, 1.807) is 29.3 Å². The molecule has 2 heterocycles. The van der Waals surface area contributed by atoms with Crippen molar-refractivity contribution in [1.29, 1.82) is 0 Å². The van der Waals surface area contributed by atoms with E-state index in [4.69, 9.17) is 4.74 Å². The number of hydrogen-bond acceptors (Lipinski definition) is 5. The summed E-state index contributed by atoms with van der Waals surface area (Å²) in [5, 5.41) is 2.95. The molecule has 0 unspecified atom stereocenters. The zero-order valence-electron chi connectivity index (χ0n) is 15.2. The van der Waals surface area contributed by atoms with Crippen molar-refractivity contribution in [2.75, 3.05) is 11.9 Å². The summed E-state index contributed by atoms with van der Waals surface area (Å²) in [6, 6.07) is 4.71. The largest absolute Gasteiger partial charge is 0.501 e. The second-order valence-corrected chi connectivity index (χ2v) is 5.80. The molecule has 28 heavy (non-hydrogen) atoms. The van der Waals surface area contributed by atoms with Gasteiger partial charge in [0.2, 0.25) is 0 Å². The topological polar surface area (TPSA) is 64.9 Å². The maximum absolute atomic E-state index is 12.7. The fraction of sp³-hybridized carbons (Fsp3) is 0.211. The summed E-state index contributed by atoms with van der Waals surface area (Å²) in [6.07, 6.45) is 3.79. The number of halogens is 3. The first-order valence-corrected chi connectivity index (χ1v) is 8.47. The molecule has 3 rings (SSSR count). The van der Waals surface area contributed by atoms with Gasteiger partial charge in [-0.1, -0.05) is 0 Å². The second-order valence-electron chi connectivity index (χ2n) is 5.80. The Morgan fingerprint density at radius 2 is 1.89 bits per heavy atom. The SMILES string of the molecule is CCO/C=C\c1cn(-c2cncc(Nc3ccc(C(F)(F)F)cc3)n2)c(C)n1. The van der Waals surface area contributed by atoms with Crippen molar-refractivity contribution < 1.29 is 17.9 Å². The van der Waals surface area contributed by atoms with E-state index in [0.717, 1.165) is 12.1 Å². The van der Waals surface area contributed by atoms with Crippen LogP contribution in [0.2, 0.25) is 0 Å². The summed E-state index contributed by atoms with van der Waals surface area (Å²) in [4.78, 5) is 13.0. The predicted molar refractivity (Wildman–Crippen MR) is 99.3 cm³/mol. The molecule has 2 aromatic heterocycles. The lowest BCUT2D eigenvalue weighted by molar-refractivity contribution is -0.137. The predicted octanol–water partition coefficient (Wildman–Crippen LogP) is 4.74. The van der Waals surface area contributed by atoms with Gasteiger partial charge >= 0.3 is 6.18 Å². The monoisotopic (exact) mass is 389 g/mol. The van der Waals surface area contributed by atoms with Gasteiger partial charge in [-0.2, -0.15) is 13.2 Å². The van der Waals surface area contributed by atoms with Crippen LogP contribution in [0.5, 0.6) is 0 Å². The highest BCUT2D eigenvalue weighted by atomic mass is 19.4. The van der Waals surface area contributed by atoms with Crippen LogP contribution in [0.25, 0.3) is 11.9 Å². The summed E-state index contributed by atoms with van der Waals surface area (Å²) in [7, 11) is 0. The molecule has 0 aliphatic heterocycles. The van der Waals surface area contributed by atoms with Crippen molar-refractivity contribution in [1.82, 2.24) is 19.5 Å². The summed E-state index contributed by atoms with van der Waals surface area (Å²) in [5.41, 5.74) is 0.468. The van der Waals surface area contributed by atoms with Crippen molar-refractivity contribution >= 4 is 17.6 Å². The Bertz CT molecular complexity index is 964. The molecule has 9 heteroatoms. The minimum atomic E-state index is -4.37. The number of hydrogen-bond donors (Lipinski definition) is 1. The highest BCUT2D eigenvalue weighted by Crippen LogP contribution is 2.30. The van der Waals surface area contributed by atoms with Crippen molar-refractivity contribution in [2.24, 2.45) is 0 Å². The Labute approximate surface area is 159 Å². The van der Waals surface area contributed by atoms with Gasteiger partial charge in [-0.25, -0.2) is 9.97 Å². The number of benzene rings is 1. The minimum absolute atomic E-state index is 0.400. The summed E-state index contributed by atoms with van der Waals surface area (Å²) >= 11 is 0. The molecule has 0 saturated heterocycles. The summed E-state index contributed by atoms with van der Waals surface area (Å²) in [6.45, 7) is 4.29. The Morgan fingerprint density at radius 3 is 2.57 bits per heavy atom. The van der Waals surface area contributed by atoms with Gasteiger partial charge in [0.05, 0.1) is 36.5 Å². The van der Waals surface area contributed by atoms with Crippen LogP contribution in [-0.2, 0) is 10.9 Å². The molecule has 0 spiro atoms. The third-order valence-corrected chi connectivity index (χ3v) is 3.76. The first kappa shape index (κ1) is 19.4. The van der Waals surface area contributed by atoms with Gasteiger partial charge in [0.1, 0.15) is 5.82 Å². The first-order chi connectivity index (χ1) is 13.4. The van der Waals surface area contributed by atoms with E-state index in [1.807, 2.05) is 13.8 Å². The average molecular weight is 389 g/mol. The lowest BCUT2D eigenvalue weighted by Gasteiger charge is -2.10. The molecule has 1 N–H and O–H groups in total. The van der Waals surface area contributed by atoms with Crippen LogP contribution in [0.4, 0.5) is 24.7 Å². The van der Waals surface area contributed by atoms with E-state index in [9.17, 15) is 13.2 Å². The fourth-order valence-corrected chi connectivity index (χ4v) is 2.44. The van der Waals surface area contributed by atoms with Crippen LogP contribution in [0.1, 0.15) is 24.0 Å². The number of aromatic nitrogens is 4. The first-order valence-electron chi connectivity index (χ1n) is 8.47. The van der Waals surface area contributed by atoms with Gasteiger partial charge in [0.25, 0.3) is 0 Å². The Balaban J connectivity index is 1.79. The maximum Gasteiger partial charge on any atom is 0.416 e.